The molecule has 200 valence electrons. The Morgan fingerprint density at radius 2 is 1.65 bits per heavy atom. The molecule has 0 radical (unpaired) electrons. The van der Waals surface area contributed by atoms with Crippen LogP contribution in [0.15, 0.2) is 85.2 Å². The van der Waals surface area contributed by atoms with Gasteiger partial charge in [0.2, 0.25) is 0 Å². The molecular weight excluding hydrogens is 510 g/mol. The Kier molecular flexibility index (Phi) is 5.98. The molecule has 1 aliphatic rings. The highest BCUT2D eigenvalue weighted by atomic mass is 19.1. The van der Waals surface area contributed by atoms with Gasteiger partial charge in [0.1, 0.15) is 11.6 Å². The molecular formula is C32H26F2N4O2. The maximum absolute atomic E-state index is 16.5. The molecule has 0 saturated heterocycles. The number of primary amides is 1. The number of hydrogen-bond donors (Lipinski definition) is 1. The normalized spacial score (nSPS) is 13.8. The molecule has 1 saturated carbocycles. The van der Waals surface area contributed by atoms with Crippen LogP contribution >= 0.6 is 0 Å². The highest BCUT2D eigenvalue weighted by molar-refractivity contribution is 6.05. The van der Waals surface area contributed by atoms with Gasteiger partial charge < -0.3 is 10.6 Å². The van der Waals surface area contributed by atoms with Crippen LogP contribution < -0.4 is 5.73 Å². The number of carbonyl (C=O) groups excluding carboxylic acids is 2. The van der Waals surface area contributed by atoms with Gasteiger partial charge in [-0.05, 0) is 66.3 Å². The summed E-state index contributed by atoms with van der Waals surface area (Å²) in [6.07, 6.45) is 4.60. The molecule has 1 aliphatic carbocycles. The summed E-state index contributed by atoms with van der Waals surface area (Å²) in [5, 5.41) is 4.25. The molecule has 0 aliphatic heterocycles. The number of nitrogens with zero attached hydrogens (tertiary/aromatic N) is 3. The van der Waals surface area contributed by atoms with Gasteiger partial charge in [-0.2, -0.15) is 5.10 Å². The minimum absolute atomic E-state index is 0.119. The summed E-state index contributed by atoms with van der Waals surface area (Å²) in [7, 11) is 1.70. The Morgan fingerprint density at radius 3 is 2.30 bits per heavy atom. The predicted molar refractivity (Wildman–Crippen MR) is 149 cm³/mol. The van der Waals surface area contributed by atoms with Crippen molar-refractivity contribution in [1.82, 2.24) is 14.5 Å². The highest BCUT2D eigenvalue weighted by Crippen LogP contribution is 2.51. The van der Waals surface area contributed by atoms with E-state index in [1.807, 2.05) is 30.3 Å². The first kappa shape index (κ1) is 25.4. The zero-order chi connectivity index (χ0) is 28.2. The lowest BCUT2D eigenvalue weighted by atomic mass is 9.88. The van der Waals surface area contributed by atoms with Gasteiger partial charge >= 0.3 is 0 Å². The molecule has 0 spiro atoms. The van der Waals surface area contributed by atoms with Crippen LogP contribution in [0.3, 0.4) is 0 Å². The van der Waals surface area contributed by atoms with E-state index in [9.17, 15) is 14.0 Å². The first-order valence-electron chi connectivity index (χ1n) is 12.9. The van der Waals surface area contributed by atoms with Crippen molar-refractivity contribution >= 4 is 17.3 Å². The summed E-state index contributed by atoms with van der Waals surface area (Å²) >= 11 is 0. The molecule has 2 heterocycles. The zero-order valence-electron chi connectivity index (χ0n) is 22.0. The average molecular weight is 537 g/mol. The fourth-order valence-corrected chi connectivity index (χ4v) is 5.65. The minimum Gasteiger partial charge on any atom is -0.365 e. The fourth-order valence-electron chi connectivity index (χ4n) is 5.65. The fraction of sp³-hybridized carbons (Fsp3) is 0.156. The van der Waals surface area contributed by atoms with Crippen molar-refractivity contribution in [2.45, 2.75) is 25.3 Å². The molecule has 0 bridgehead atoms. The van der Waals surface area contributed by atoms with Crippen LogP contribution in [0.4, 0.5) is 8.78 Å². The van der Waals surface area contributed by atoms with E-state index in [0.717, 1.165) is 18.4 Å². The standard InChI is InChI=1S/C32H26F2N4O2/c1-19-24(23-9-6-16-38-29(23)26(18-36-38)30(35)39)17-25(28(34)27(19)20-10-12-22(33)13-11-20)31(40)37(2)32(14-15-32)21-7-4-3-5-8-21/h3-13,16-18H,14-15H2,1-2H3,(H2,35,39). The predicted octanol–water partition coefficient (Wildman–Crippen LogP) is 6.12. The highest BCUT2D eigenvalue weighted by Gasteiger charge is 2.50. The van der Waals surface area contributed by atoms with E-state index in [1.54, 1.807) is 37.2 Å². The number of halogens is 2. The summed E-state index contributed by atoms with van der Waals surface area (Å²) in [5.41, 5.74) is 8.89. The first-order chi connectivity index (χ1) is 19.2. The van der Waals surface area contributed by atoms with Crippen molar-refractivity contribution in [3.8, 4) is 22.3 Å². The molecule has 0 atom stereocenters. The molecule has 2 N–H and O–H groups in total. The molecule has 8 heteroatoms. The largest absolute Gasteiger partial charge is 0.365 e. The molecule has 3 aromatic carbocycles. The number of benzene rings is 3. The van der Waals surface area contributed by atoms with Crippen LogP contribution in [0.25, 0.3) is 27.8 Å². The molecule has 6 rings (SSSR count). The second-order valence-corrected chi connectivity index (χ2v) is 10.2. The van der Waals surface area contributed by atoms with Crippen LogP contribution in [0, 0.1) is 18.6 Å². The number of rotatable bonds is 6. The second-order valence-electron chi connectivity index (χ2n) is 10.2. The maximum Gasteiger partial charge on any atom is 0.257 e. The van der Waals surface area contributed by atoms with Crippen LogP contribution in [-0.2, 0) is 5.54 Å². The van der Waals surface area contributed by atoms with Gasteiger partial charge in [-0.15, -0.1) is 0 Å². The van der Waals surface area contributed by atoms with Crippen LogP contribution in [-0.4, -0.2) is 33.4 Å². The molecule has 2 amide bonds. The van der Waals surface area contributed by atoms with E-state index in [2.05, 4.69) is 5.10 Å². The Morgan fingerprint density at radius 1 is 0.950 bits per heavy atom. The van der Waals surface area contributed by atoms with Crippen LogP contribution in [0.1, 0.15) is 44.7 Å². The third-order valence-corrected chi connectivity index (χ3v) is 7.96. The Labute approximate surface area is 229 Å². The number of amides is 2. The third kappa shape index (κ3) is 3.95. The monoisotopic (exact) mass is 536 g/mol. The summed E-state index contributed by atoms with van der Waals surface area (Å²) in [6, 6.07) is 20.3. The van der Waals surface area contributed by atoms with Crippen molar-refractivity contribution in [1.29, 1.82) is 0 Å². The lowest BCUT2D eigenvalue weighted by Gasteiger charge is -2.30. The average Bonchev–Trinajstić information content (AvgIpc) is 3.65. The summed E-state index contributed by atoms with van der Waals surface area (Å²) < 4.78 is 31.8. The summed E-state index contributed by atoms with van der Waals surface area (Å²) in [5.74, 6) is -2.28. The first-order valence-corrected chi connectivity index (χ1v) is 12.9. The summed E-state index contributed by atoms with van der Waals surface area (Å²) in [6.45, 7) is 1.74. The minimum atomic E-state index is -0.691. The Bertz CT molecular complexity index is 1790. The molecule has 5 aromatic rings. The van der Waals surface area contributed by atoms with Crippen molar-refractivity contribution < 1.29 is 18.4 Å². The smallest absolute Gasteiger partial charge is 0.257 e. The topological polar surface area (TPSA) is 80.7 Å². The molecule has 40 heavy (non-hydrogen) atoms. The van der Waals surface area contributed by atoms with Gasteiger partial charge in [-0.25, -0.2) is 13.3 Å². The molecule has 2 aromatic heterocycles. The van der Waals surface area contributed by atoms with E-state index >= 15 is 4.39 Å². The van der Waals surface area contributed by atoms with E-state index in [4.69, 9.17) is 5.73 Å². The number of carbonyl (C=O) groups is 2. The number of nitrogens with two attached hydrogens (primary N) is 1. The maximum atomic E-state index is 16.5. The SMILES string of the molecule is Cc1c(-c2cccn3ncc(C(N)=O)c23)cc(C(=O)N(C)C2(c3ccccc3)CC2)c(F)c1-c1ccc(F)cc1. The quantitative estimate of drug-likeness (QED) is 0.284. The number of pyridine rings is 1. The van der Waals surface area contributed by atoms with Gasteiger partial charge in [-0.3, -0.25) is 9.59 Å². The second kappa shape index (κ2) is 9.41. The Balaban J connectivity index is 1.59. The van der Waals surface area contributed by atoms with E-state index in [0.29, 0.717) is 27.8 Å². The van der Waals surface area contributed by atoms with Crippen molar-refractivity contribution in [2.24, 2.45) is 5.73 Å². The van der Waals surface area contributed by atoms with Gasteiger partial charge in [0.05, 0.1) is 28.4 Å². The van der Waals surface area contributed by atoms with Gasteiger partial charge in [0.25, 0.3) is 11.8 Å². The molecule has 1 fully saturated rings. The summed E-state index contributed by atoms with van der Waals surface area (Å²) in [4.78, 5) is 27.9. The molecule has 6 nitrogen and oxygen atoms in total. The number of hydrogen-bond acceptors (Lipinski definition) is 3. The van der Waals surface area contributed by atoms with Gasteiger partial charge in [0, 0.05) is 24.4 Å². The van der Waals surface area contributed by atoms with Crippen molar-refractivity contribution in [3.05, 3.63) is 119 Å². The molecule has 0 unspecified atom stereocenters. The van der Waals surface area contributed by atoms with E-state index in [1.165, 1.54) is 41.0 Å². The van der Waals surface area contributed by atoms with Crippen LogP contribution in [0.2, 0.25) is 0 Å². The van der Waals surface area contributed by atoms with Crippen molar-refractivity contribution in [3.63, 3.8) is 0 Å². The van der Waals surface area contributed by atoms with Gasteiger partial charge in [-0.1, -0.05) is 48.5 Å². The lowest BCUT2D eigenvalue weighted by Crippen LogP contribution is -2.37. The van der Waals surface area contributed by atoms with Crippen LogP contribution in [0.5, 0.6) is 0 Å². The number of aromatic nitrogens is 2. The lowest BCUT2D eigenvalue weighted by molar-refractivity contribution is 0.0700. The van der Waals surface area contributed by atoms with E-state index < -0.39 is 29.0 Å². The zero-order valence-corrected chi connectivity index (χ0v) is 22.0. The number of fused-ring (bicyclic) bond motifs is 1. The van der Waals surface area contributed by atoms with E-state index in [-0.39, 0.29) is 16.7 Å². The Hall–Kier alpha value is -4.85. The third-order valence-electron chi connectivity index (χ3n) is 7.96. The van der Waals surface area contributed by atoms with Gasteiger partial charge in [0.15, 0.2) is 0 Å². The van der Waals surface area contributed by atoms with Crippen molar-refractivity contribution in [2.75, 3.05) is 7.05 Å².